The SMILES string of the molecule is CCCCCCC(=O)NC/C=C\C/C=C\C/C=C\CCCC(=O)NC1CC1. The minimum atomic E-state index is 0.154. The van der Waals surface area contributed by atoms with Gasteiger partial charge in [-0.2, -0.15) is 0 Å². The lowest BCUT2D eigenvalue weighted by Crippen LogP contribution is -2.24. The molecule has 1 aliphatic rings. The van der Waals surface area contributed by atoms with E-state index in [1.807, 2.05) is 6.08 Å². The van der Waals surface area contributed by atoms with Gasteiger partial charge in [0.25, 0.3) is 0 Å². The van der Waals surface area contributed by atoms with Crippen LogP contribution in [0.4, 0.5) is 0 Å². The average molecular weight is 375 g/mol. The Hall–Kier alpha value is -1.84. The Labute approximate surface area is 165 Å². The summed E-state index contributed by atoms with van der Waals surface area (Å²) in [4.78, 5) is 23.1. The lowest BCUT2D eigenvalue weighted by molar-refractivity contribution is -0.122. The number of rotatable bonds is 16. The highest BCUT2D eigenvalue weighted by atomic mass is 16.2. The van der Waals surface area contributed by atoms with Crippen LogP contribution >= 0.6 is 0 Å². The van der Waals surface area contributed by atoms with Gasteiger partial charge < -0.3 is 10.6 Å². The second-order valence-electron chi connectivity index (χ2n) is 7.23. The van der Waals surface area contributed by atoms with Gasteiger partial charge in [-0.25, -0.2) is 0 Å². The largest absolute Gasteiger partial charge is 0.353 e. The summed E-state index contributed by atoms with van der Waals surface area (Å²) in [6.45, 7) is 2.79. The van der Waals surface area contributed by atoms with Crippen molar-refractivity contribution in [1.82, 2.24) is 10.6 Å². The molecule has 0 aromatic carbocycles. The smallest absolute Gasteiger partial charge is 0.220 e. The van der Waals surface area contributed by atoms with Gasteiger partial charge in [0.2, 0.25) is 11.8 Å². The van der Waals surface area contributed by atoms with Crippen molar-refractivity contribution >= 4 is 11.8 Å². The van der Waals surface area contributed by atoms with Gasteiger partial charge in [0.05, 0.1) is 0 Å². The fraction of sp³-hybridized carbons (Fsp3) is 0.652. The zero-order valence-corrected chi connectivity index (χ0v) is 17.1. The number of allylic oxidation sites excluding steroid dienone is 5. The molecule has 0 bridgehead atoms. The van der Waals surface area contributed by atoms with E-state index in [0.29, 0.717) is 25.4 Å². The molecule has 2 amide bonds. The number of amides is 2. The van der Waals surface area contributed by atoms with Crippen molar-refractivity contribution in [2.45, 2.75) is 90.0 Å². The molecule has 152 valence electrons. The third-order valence-corrected chi connectivity index (χ3v) is 4.44. The van der Waals surface area contributed by atoms with Crippen LogP contribution in [0.1, 0.15) is 84.0 Å². The standard InChI is InChI=1S/C23H38N2O2/c1-2-3-4-13-16-22(26)24-20-15-12-10-8-6-5-7-9-11-14-17-23(27)25-21-18-19-21/h6-9,12,15,21H,2-5,10-11,13-14,16-20H2,1H3,(H,24,26)(H,25,27)/b8-6-,9-7-,15-12-. The van der Waals surface area contributed by atoms with Crippen molar-refractivity contribution in [3.05, 3.63) is 36.5 Å². The van der Waals surface area contributed by atoms with Crippen LogP contribution in [-0.2, 0) is 9.59 Å². The van der Waals surface area contributed by atoms with E-state index in [0.717, 1.165) is 51.4 Å². The molecule has 4 nitrogen and oxygen atoms in total. The Morgan fingerprint density at radius 2 is 1.48 bits per heavy atom. The molecule has 1 aliphatic carbocycles. The monoisotopic (exact) mass is 374 g/mol. The van der Waals surface area contributed by atoms with Gasteiger partial charge in [-0.3, -0.25) is 9.59 Å². The summed E-state index contributed by atoms with van der Waals surface area (Å²) in [5, 5.41) is 5.93. The highest BCUT2D eigenvalue weighted by molar-refractivity contribution is 5.76. The summed E-state index contributed by atoms with van der Waals surface area (Å²) in [6.07, 6.45) is 24.5. The number of unbranched alkanes of at least 4 members (excludes halogenated alkanes) is 4. The van der Waals surface area contributed by atoms with Gasteiger partial charge in [-0.05, 0) is 44.9 Å². The molecule has 0 aliphatic heterocycles. The van der Waals surface area contributed by atoms with Crippen LogP contribution in [0.25, 0.3) is 0 Å². The van der Waals surface area contributed by atoms with Crippen molar-refractivity contribution in [2.75, 3.05) is 6.54 Å². The molecule has 0 aromatic heterocycles. The van der Waals surface area contributed by atoms with E-state index >= 15 is 0 Å². The van der Waals surface area contributed by atoms with Crippen LogP contribution < -0.4 is 10.6 Å². The fourth-order valence-electron chi connectivity index (χ4n) is 2.62. The summed E-state index contributed by atoms with van der Waals surface area (Å²) in [7, 11) is 0. The number of carbonyl (C=O) groups excluding carboxylic acids is 2. The molecule has 27 heavy (non-hydrogen) atoms. The van der Waals surface area contributed by atoms with Crippen LogP contribution in [0.15, 0.2) is 36.5 Å². The first kappa shape index (κ1) is 23.2. The van der Waals surface area contributed by atoms with Crippen LogP contribution in [0.3, 0.4) is 0 Å². The summed E-state index contributed by atoms with van der Waals surface area (Å²) in [5.41, 5.74) is 0. The highest BCUT2D eigenvalue weighted by Gasteiger charge is 2.22. The van der Waals surface area contributed by atoms with Crippen molar-refractivity contribution in [3.63, 3.8) is 0 Å². The third-order valence-electron chi connectivity index (χ3n) is 4.44. The predicted octanol–water partition coefficient (Wildman–Crippen LogP) is 4.97. The van der Waals surface area contributed by atoms with Crippen molar-refractivity contribution < 1.29 is 9.59 Å². The summed E-state index contributed by atoms with van der Waals surface area (Å²) in [5.74, 6) is 0.353. The molecular formula is C23H38N2O2. The van der Waals surface area contributed by atoms with Crippen LogP contribution in [0.2, 0.25) is 0 Å². The number of hydrogen-bond acceptors (Lipinski definition) is 2. The van der Waals surface area contributed by atoms with E-state index in [9.17, 15) is 9.59 Å². The zero-order chi connectivity index (χ0) is 19.6. The van der Waals surface area contributed by atoms with E-state index in [2.05, 4.69) is 47.9 Å². The average Bonchev–Trinajstić information content (AvgIpc) is 3.46. The Morgan fingerprint density at radius 1 is 0.815 bits per heavy atom. The van der Waals surface area contributed by atoms with Crippen LogP contribution in [0, 0.1) is 0 Å². The molecular weight excluding hydrogens is 336 g/mol. The molecule has 0 atom stereocenters. The van der Waals surface area contributed by atoms with Gasteiger partial charge >= 0.3 is 0 Å². The molecule has 0 aromatic rings. The first-order valence-electron chi connectivity index (χ1n) is 10.7. The highest BCUT2D eigenvalue weighted by Crippen LogP contribution is 2.18. The van der Waals surface area contributed by atoms with Crippen LogP contribution in [0.5, 0.6) is 0 Å². The maximum absolute atomic E-state index is 11.6. The first-order valence-corrected chi connectivity index (χ1v) is 10.7. The zero-order valence-electron chi connectivity index (χ0n) is 17.1. The fourth-order valence-corrected chi connectivity index (χ4v) is 2.62. The molecule has 0 heterocycles. The van der Waals surface area contributed by atoms with Crippen LogP contribution in [-0.4, -0.2) is 24.4 Å². The molecule has 1 rings (SSSR count). The second-order valence-corrected chi connectivity index (χ2v) is 7.23. The minimum Gasteiger partial charge on any atom is -0.353 e. The number of nitrogens with one attached hydrogen (secondary N) is 2. The number of hydrogen-bond donors (Lipinski definition) is 2. The molecule has 4 heteroatoms. The van der Waals surface area contributed by atoms with Gasteiger partial charge in [0.15, 0.2) is 0 Å². The Balaban J connectivity index is 1.87. The van der Waals surface area contributed by atoms with Gasteiger partial charge in [0.1, 0.15) is 0 Å². The molecule has 1 saturated carbocycles. The molecule has 2 N–H and O–H groups in total. The molecule has 0 unspecified atom stereocenters. The summed E-state index contributed by atoms with van der Waals surface area (Å²) < 4.78 is 0. The van der Waals surface area contributed by atoms with E-state index in [1.54, 1.807) is 0 Å². The van der Waals surface area contributed by atoms with Crippen molar-refractivity contribution in [2.24, 2.45) is 0 Å². The van der Waals surface area contributed by atoms with E-state index in [1.165, 1.54) is 12.8 Å². The normalized spacial score (nSPS) is 14.4. The lowest BCUT2D eigenvalue weighted by Gasteiger charge is -2.01. The predicted molar refractivity (Wildman–Crippen MR) is 113 cm³/mol. The number of carbonyl (C=O) groups is 2. The molecule has 0 radical (unpaired) electrons. The molecule has 0 spiro atoms. The van der Waals surface area contributed by atoms with E-state index < -0.39 is 0 Å². The van der Waals surface area contributed by atoms with Gasteiger partial charge in [-0.15, -0.1) is 0 Å². The Kier molecular flexibility index (Phi) is 14.0. The molecule has 0 saturated heterocycles. The topological polar surface area (TPSA) is 58.2 Å². The van der Waals surface area contributed by atoms with Gasteiger partial charge in [0, 0.05) is 25.4 Å². The second kappa shape index (κ2) is 16.3. The third kappa shape index (κ3) is 16.1. The Bertz CT molecular complexity index is 491. The van der Waals surface area contributed by atoms with Crippen molar-refractivity contribution in [1.29, 1.82) is 0 Å². The van der Waals surface area contributed by atoms with Gasteiger partial charge in [-0.1, -0.05) is 62.6 Å². The maximum Gasteiger partial charge on any atom is 0.220 e. The molecule has 1 fully saturated rings. The van der Waals surface area contributed by atoms with E-state index in [-0.39, 0.29) is 11.8 Å². The van der Waals surface area contributed by atoms with Crippen molar-refractivity contribution in [3.8, 4) is 0 Å². The summed E-state index contributed by atoms with van der Waals surface area (Å²) >= 11 is 0. The Morgan fingerprint density at radius 3 is 2.19 bits per heavy atom. The quantitative estimate of drug-likeness (QED) is 0.296. The summed E-state index contributed by atoms with van der Waals surface area (Å²) in [6, 6.07) is 0.471. The maximum atomic E-state index is 11.6. The first-order chi connectivity index (χ1) is 13.2. The minimum absolute atomic E-state index is 0.154. The van der Waals surface area contributed by atoms with E-state index in [4.69, 9.17) is 0 Å². The lowest BCUT2D eigenvalue weighted by atomic mass is 10.1.